The summed E-state index contributed by atoms with van der Waals surface area (Å²) in [6.07, 6.45) is 0. The van der Waals surface area contributed by atoms with Gasteiger partial charge in [-0.25, -0.2) is 0 Å². The quantitative estimate of drug-likeness (QED) is 0.559. The van der Waals surface area contributed by atoms with E-state index in [4.69, 9.17) is 11.6 Å². The number of halogens is 1. The topological polar surface area (TPSA) is 17.8 Å². The Bertz CT molecular complexity index is 260. The Kier molecular flexibility index (Phi) is 4.67. The van der Waals surface area contributed by atoms with E-state index in [0.717, 1.165) is 29.6 Å². The van der Waals surface area contributed by atoms with Crippen molar-refractivity contribution in [2.75, 3.05) is 11.6 Å². The molecule has 0 aliphatic rings. The Morgan fingerprint density at radius 3 is 3.00 bits per heavy atom. The number of thioether (sulfide) groups is 1. The van der Waals surface area contributed by atoms with Crippen molar-refractivity contribution in [2.24, 2.45) is 0 Å². The molecular weight excluding hydrogens is 204 g/mol. The van der Waals surface area contributed by atoms with Gasteiger partial charge in [0.15, 0.2) is 0 Å². The summed E-state index contributed by atoms with van der Waals surface area (Å²) in [6, 6.07) is 2.14. The molecule has 13 heavy (non-hydrogen) atoms. The van der Waals surface area contributed by atoms with Crippen molar-refractivity contribution >= 4 is 23.4 Å². The second-order valence-corrected chi connectivity index (χ2v) is 4.32. The molecule has 4 heteroatoms. The Balaban J connectivity index is 2.53. The minimum atomic E-state index is 0.726. The first-order valence-electron chi connectivity index (χ1n) is 4.45. The summed E-state index contributed by atoms with van der Waals surface area (Å²) < 4.78 is 2.05. The molecule has 74 valence electrons. The maximum absolute atomic E-state index is 5.60. The van der Waals surface area contributed by atoms with Gasteiger partial charge in [-0.2, -0.15) is 16.9 Å². The largest absolute Gasteiger partial charge is 0.269 e. The second kappa shape index (κ2) is 5.55. The average molecular weight is 219 g/mol. The molecule has 0 saturated heterocycles. The second-order valence-electron chi connectivity index (χ2n) is 2.83. The van der Waals surface area contributed by atoms with Gasteiger partial charge in [-0.05, 0) is 19.9 Å². The highest BCUT2D eigenvalue weighted by molar-refractivity contribution is 7.98. The van der Waals surface area contributed by atoms with E-state index in [1.807, 2.05) is 18.7 Å². The van der Waals surface area contributed by atoms with Crippen LogP contribution in [-0.2, 0) is 12.3 Å². The van der Waals surface area contributed by atoms with Gasteiger partial charge < -0.3 is 0 Å². The van der Waals surface area contributed by atoms with E-state index in [-0.39, 0.29) is 0 Å². The van der Waals surface area contributed by atoms with Gasteiger partial charge in [-0.3, -0.25) is 4.68 Å². The highest BCUT2D eigenvalue weighted by Gasteiger charge is 2.02. The maximum Gasteiger partial charge on any atom is 0.0596 e. The predicted molar refractivity (Wildman–Crippen MR) is 59.5 cm³/mol. The lowest BCUT2D eigenvalue weighted by Crippen LogP contribution is -2.01. The van der Waals surface area contributed by atoms with Crippen molar-refractivity contribution in [2.45, 2.75) is 26.1 Å². The van der Waals surface area contributed by atoms with E-state index in [2.05, 4.69) is 22.8 Å². The number of hydrogen-bond acceptors (Lipinski definition) is 2. The minimum absolute atomic E-state index is 0.726. The smallest absolute Gasteiger partial charge is 0.0596 e. The zero-order valence-electron chi connectivity index (χ0n) is 8.09. The van der Waals surface area contributed by atoms with Crippen LogP contribution in [0.15, 0.2) is 6.07 Å². The number of aryl methyl sites for hydroxylation is 2. The van der Waals surface area contributed by atoms with Crippen LogP contribution in [0.25, 0.3) is 0 Å². The fourth-order valence-corrected chi connectivity index (χ4v) is 2.24. The number of nitrogens with zero attached hydrogens (tertiary/aromatic N) is 2. The Labute approximate surface area is 88.7 Å². The normalized spacial score (nSPS) is 10.7. The lowest BCUT2D eigenvalue weighted by atomic mass is 10.4. The average Bonchev–Trinajstić information content (AvgIpc) is 2.47. The zero-order chi connectivity index (χ0) is 9.68. The van der Waals surface area contributed by atoms with Gasteiger partial charge in [-0.1, -0.05) is 0 Å². The van der Waals surface area contributed by atoms with Crippen molar-refractivity contribution in [1.82, 2.24) is 9.78 Å². The number of alkyl halides is 1. The molecule has 0 aliphatic carbocycles. The van der Waals surface area contributed by atoms with Crippen LogP contribution in [-0.4, -0.2) is 21.4 Å². The van der Waals surface area contributed by atoms with Gasteiger partial charge in [-0.15, -0.1) is 11.6 Å². The third-order valence-corrected chi connectivity index (χ3v) is 3.16. The number of hydrogen-bond donors (Lipinski definition) is 0. The molecule has 2 nitrogen and oxygen atoms in total. The Hall–Kier alpha value is -0.150. The molecule has 1 heterocycles. The molecule has 0 unspecified atom stereocenters. The summed E-state index contributed by atoms with van der Waals surface area (Å²) in [4.78, 5) is 0. The lowest BCUT2D eigenvalue weighted by Gasteiger charge is -2.02. The van der Waals surface area contributed by atoms with Crippen LogP contribution in [0.3, 0.4) is 0 Å². The summed E-state index contributed by atoms with van der Waals surface area (Å²) in [5.74, 6) is 2.75. The number of rotatable bonds is 5. The summed E-state index contributed by atoms with van der Waals surface area (Å²) in [5.41, 5.74) is 2.40. The van der Waals surface area contributed by atoms with Crippen molar-refractivity contribution in [3.05, 3.63) is 17.5 Å². The molecule has 0 aliphatic heterocycles. The van der Waals surface area contributed by atoms with Crippen molar-refractivity contribution in [1.29, 1.82) is 0 Å². The zero-order valence-corrected chi connectivity index (χ0v) is 9.66. The summed E-state index contributed by atoms with van der Waals surface area (Å²) in [6.45, 7) is 5.09. The monoisotopic (exact) mass is 218 g/mol. The van der Waals surface area contributed by atoms with Gasteiger partial charge >= 0.3 is 0 Å². The first kappa shape index (κ1) is 10.9. The van der Waals surface area contributed by atoms with E-state index in [1.54, 1.807) is 0 Å². The minimum Gasteiger partial charge on any atom is -0.269 e. The van der Waals surface area contributed by atoms with Crippen molar-refractivity contribution < 1.29 is 0 Å². The van der Waals surface area contributed by atoms with E-state index in [1.165, 1.54) is 5.69 Å². The standard InChI is InChI=1S/C9H15ClN2S/c1-3-12-9(6-8(2)11-12)7-13-5-4-10/h6H,3-5,7H2,1-2H3. The molecule has 0 amide bonds. The van der Waals surface area contributed by atoms with E-state index >= 15 is 0 Å². The third kappa shape index (κ3) is 3.24. The predicted octanol–water partition coefficient (Wildman–Crippen LogP) is 2.68. The molecule has 0 fully saturated rings. The molecule has 0 N–H and O–H groups in total. The van der Waals surface area contributed by atoms with Crippen LogP contribution in [0.4, 0.5) is 0 Å². The molecule has 0 spiro atoms. The Morgan fingerprint density at radius 1 is 1.62 bits per heavy atom. The van der Waals surface area contributed by atoms with Gasteiger partial charge in [0, 0.05) is 29.6 Å². The lowest BCUT2D eigenvalue weighted by molar-refractivity contribution is 0.632. The van der Waals surface area contributed by atoms with E-state index in [0.29, 0.717) is 0 Å². The van der Waals surface area contributed by atoms with Gasteiger partial charge in [0.2, 0.25) is 0 Å². The molecule has 0 radical (unpaired) electrons. The summed E-state index contributed by atoms with van der Waals surface area (Å²) in [5, 5.41) is 4.38. The fourth-order valence-electron chi connectivity index (χ4n) is 1.22. The molecule has 1 aromatic rings. The molecule has 0 aromatic carbocycles. The van der Waals surface area contributed by atoms with Crippen molar-refractivity contribution in [3.8, 4) is 0 Å². The van der Waals surface area contributed by atoms with E-state index < -0.39 is 0 Å². The van der Waals surface area contributed by atoms with Gasteiger partial charge in [0.25, 0.3) is 0 Å². The van der Waals surface area contributed by atoms with E-state index in [9.17, 15) is 0 Å². The first-order chi connectivity index (χ1) is 6.27. The van der Waals surface area contributed by atoms with Gasteiger partial charge in [0.05, 0.1) is 5.69 Å². The third-order valence-electron chi connectivity index (χ3n) is 1.76. The van der Waals surface area contributed by atoms with Crippen LogP contribution in [0.1, 0.15) is 18.3 Å². The van der Waals surface area contributed by atoms with Crippen LogP contribution in [0.5, 0.6) is 0 Å². The fraction of sp³-hybridized carbons (Fsp3) is 0.667. The molecule has 1 aromatic heterocycles. The maximum atomic E-state index is 5.60. The van der Waals surface area contributed by atoms with Crippen LogP contribution < -0.4 is 0 Å². The Morgan fingerprint density at radius 2 is 2.38 bits per heavy atom. The molecule has 0 saturated carbocycles. The van der Waals surface area contributed by atoms with Crippen molar-refractivity contribution in [3.63, 3.8) is 0 Å². The van der Waals surface area contributed by atoms with Gasteiger partial charge in [0.1, 0.15) is 0 Å². The van der Waals surface area contributed by atoms with Crippen LogP contribution >= 0.6 is 23.4 Å². The molecule has 0 atom stereocenters. The molecular formula is C9H15ClN2S. The number of aromatic nitrogens is 2. The van der Waals surface area contributed by atoms with Crippen LogP contribution in [0, 0.1) is 6.92 Å². The summed E-state index contributed by atoms with van der Waals surface area (Å²) >= 11 is 7.46. The molecule has 0 bridgehead atoms. The SMILES string of the molecule is CCn1nc(C)cc1CSCCCl. The highest BCUT2D eigenvalue weighted by Crippen LogP contribution is 2.13. The first-order valence-corrected chi connectivity index (χ1v) is 6.14. The highest BCUT2D eigenvalue weighted by atomic mass is 35.5. The van der Waals surface area contributed by atoms with Crippen LogP contribution in [0.2, 0.25) is 0 Å². The summed E-state index contributed by atoms with van der Waals surface area (Å²) in [7, 11) is 0. The molecule has 1 rings (SSSR count).